The third-order valence-electron chi connectivity index (χ3n) is 3.90. The second-order valence-corrected chi connectivity index (χ2v) is 5.71. The lowest BCUT2D eigenvalue weighted by Crippen LogP contribution is -2.45. The van der Waals surface area contributed by atoms with Gasteiger partial charge in [0.2, 0.25) is 0 Å². The molecule has 0 radical (unpaired) electrons. The van der Waals surface area contributed by atoms with E-state index in [0.717, 1.165) is 31.2 Å². The zero-order valence-corrected chi connectivity index (χ0v) is 12.3. The van der Waals surface area contributed by atoms with E-state index < -0.39 is 0 Å². The second-order valence-electron chi connectivity index (χ2n) is 5.71. The summed E-state index contributed by atoms with van der Waals surface area (Å²) in [5.41, 5.74) is 6.20. The van der Waals surface area contributed by atoms with E-state index in [9.17, 15) is 0 Å². The average molecular weight is 266 g/mol. The molecule has 1 aliphatic rings. The number of furan rings is 1. The highest BCUT2D eigenvalue weighted by Gasteiger charge is 2.31. The Hall–Kier alpha value is -0.840. The zero-order valence-electron chi connectivity index (χ0n) is 12.3. The van der Waals surface area contributed by atoms with Gasteiger partial charge in [-0.3, -0.25) is 4.90 Å². The Balaban J connectivity index is 2.10. The van der Waals surface area contributed by atoms with Crippen LogP contribution in [0, 0.1) is 12.8 Å². The van der Waals surface area contributed by atoms with Crippen molar-refractivity contribution in [3.63, 3.8) is 0 Å². The molecule has 1 aromatic heterocycles. The molecule has 1 saturated heterocycles. The van der Waals surface area contributed by atoms with E-state index in [1.165, 1.54) is 12.8 Å². The number of methoxy groups -OCH3 is 1. The van der Waals surface area contributed by atoms with E-state index in [2.05, 4.69) is 17.9 Å². The zero-order chi connectivity index (χ0) is 13.8. The van der Waals surface area contributed by atoms with Gasteiger partial charge in [0.15, 0.2) is 0 Å². The van der Waals surface area contributed by atoms with E-state index in [4.69, 9.17) is 14.9 Å². The van der Waals surface area contributed by atoms with Gasteiger partial charge in [-0.1, -0.05) is 0 Å². The van der Waals surface area contributed by atoms with Crippen LogP contribution >= 0.6 is 0 Å². The molecule has 2 rings (SSSR count). The quantitative estimate of drug-likeness (QED) is 0.888. The lowest BCUT2D eigenvalue weighted by Gasteiger charge is -2.38. The van der Waals surface area contributed by atoms with Crippen LogP contribution in [0.1, 0.15) is 37.3 Å². The Labute approximate surface area is 115 Å². The minimum absolute atomic E-state index is 0.0619. The summed E-state index contributed by atoms with van der Waals surface area (Å²) in [6.07, 6.45) is 2.45. The van der Waals surface area contributed by atoms with Gasteiger partial charge < -0.3 is 14.9 Å². The van der Waals surface area contributed by atoms with Crippen molar-refractivity contribution in [2.75, 3.05) is 26.8 Å². The molecule has 0 aromatic carbocycles. The molecule has 2 heterocycles. The Morgan fingerprint density at radius 1 is 1.53 bits per heavy atom. The predicted octanol–water partition coefficient (Wildman–Crippen LogP) is 2.33. The maximum atomic E-state index is 6.20. The molecular formula is C15H26N2O2. The summed E-state index contributed by atoms with van der Waals surface area (Å²) in [5.74, 6) is 2.55. The second kappa shape index (κ2) is 6.55. The maximum Gasteiger partial charge on any atom is 0.122 e. The minimum atomic E-state index is 0.0619. The molecule has 0 aliphatic carbocycles. The van der Waals surface area contributed by atoms with Gasteiger partial charge in [-0.05, 0) is 51.3 Å². The molecule has 19 heavy (non-hydrogen) atoms. The Kier molecular flexibility index (Phi) is 5.02. The smallest absolute Gasteiger partial charge is 0.122 e. The molecule has 3 unspecified atom stereocenters. The van der Waals surface area contributed by atoms with Crippen molar-refractivity contribution in [1.29, 1.82) is 0 Å². The summed E-state index contributed by atoms with van der Waals surface area (Å²) in [7, 11) is 1.78. The molecule has 0 bridgehead atoms. The number of ether oxygens (including phenoxy) is 1. The molecule has 2 N–H and O–H groups in total. The summed E-state index contributed by atoms with van der Waals surface area (Å²) >= 11 is 0. The average Bonchev–Trinajstić information content (AvgIpc) is 2.76. The SMILES string of the molecule is COCC1CCCN(C(c2ccc(C)o2)C(C)N)C1. The fraction of sp³-hybridized carbons (Fsp3) is 0.733. The van der Waals surface area contributed by atoms with Crippen LogP contribution in [0.2, 0.25) is 0 Å². The highest BCUT2D eigenvalue weighted by molar-refractivity contribution is 5.12. The number of nitrogens with two attached hydrogens (primary N) is 1. The first-order valence-corrected chi connectivity index (χ1v) is 7.16. The van der Waals surface area contributed by atoms with Crippen molar-refractivity contribution in [2.24, 2.45) is 11.7 Å². The van der Waals surface area contributed by atoms with E-state index >= 15 is 0 Å². The van der Waals surface area contributed by atoms with Crippen molar-refractivity contribution in [3.05, 3.63) is 23.7 Å². The molecule has 4 nitrogen and oxygen atoms in total. The fourth-order valence-electron chi connectivity index (χ4n) is 3.11. The van der Waals surface area contributed by atoms with Crippen molar-refractivity contribution >= 4 is 0 Å². The van der Waals surface area contributed by atoms with Gasteiger partial charge in [-0.15, -0.1) is 0 Å². The Bertz CT molecular complexity index is 387. The summed E-state index contributed by atoms with van der Waals surface area (Å²) < 4.78 is 11.1. The normalized spacial score (nSPS) is 24.3. The van der Waals surface area contributed by atoms with Gasteiger partial charge in [-0.2, -0.15) is 0 Å². The first-order valence-electron chi connectivity index (χ1n) is 7.16. The van der Waals surface area contributed by atoms with Crippen LogP contribution in [0.3, 0.4) is 0 Å². The molecule has 0 saturated carbocycles. The van der Waals surface area contributed by atoms with Crippen molar-refractivity contribution in [2.45, 2.75) is 38.8 Å². The van der Waals surface area contributed by atoms with Gasteiger partial charge in [-0.25, -0.2) is 0 Å². The molecular weight excluding hydrogens is 240 g/mol. The van der Waals surface area contributed by atoms with Crippen LogP contribution < -0.4 is 5.73 Å². The number of aryl methyl sites for hydroxylation is 1. The summed E-state index contributed by atoms with van der Waals surface area (Å²) in [6.45, 7) is 7.00. The monoisotopic (exact) mass is 266 g/mol. The molecule has 1 fully saturated rings. The lowest BCUT2D eigenvalue weighted by atomic mass is 9.95. The van der Waals surface area contributed by atoms with Gasteiger partial charge in [0.05, 0.1) is 12.6 Å². The summed E-state index contributed by atoms with van der Waals surface area (Å²) in [4.78, 5) is 2.45. The molecule has 108 valence electrons. The maximum absolute atomic E-state index is 6.20. The summed E-state index contributed by atoms with van der Waals surface area (Å²) in [6, 6.07) is 4.31. The molecule has 0 amide bonds. The van der Waals surface area contributed by atoms with Gasteiger partial charge >= 0.3 is 0 Å². The molecule has 4 heteroatoms. The first kappa shape index (κ1) is 14.6. The number of likely N-dealkylation sites (tertiary alicyclic amines) is 1. The largest absolute Gasteiger partial charge is 0.465 e. The van der Waals surface area contributed by atoms with E-state index in [1.54, 1.807) is 7.11 Å². The molecule has 0 spiro atoms. The van der Waals surface area contributed by atoms with Crippen molar-refractivity contribution in [1.82, 2.24) is 4.90 Å². The fourth-order valence-corrected chi connectivity index (χ4v) is 3.11. The van der Waals surface area contributed by atoms with Gasteiger partial charge in [0.1, 0.15) is 11.5 Å². The molecule has 1 aliphatic heterocycles. The summed E-state index contributed by atoms with van der Waals surface area (Å²) in [5, 5.41) is 0. The van der Waals surface area contributed by atoms with Crippen LogP contribution in [-0.2, 0) is 4.74 Å². The third-order valence-corrected chi connectivity index (χ3v) is 3.90. The van der Waals surface area contributed by atoms with Crippen LogP contribution in [0.4, 0.5) is 0 Å². The molecule has 3 atom stereocenters. The number of rotatable bonds is 5. The van der Waals surface area contributed by atoms with E-state index in [0.29, 0.717) is 5.92 Å². The van der Waals surface area contributed by atoms with Gasteiger partial charge in [0.25, 0.3) is 0 Å². The minimum Gasteiger partial charge on any atom is -0.465 e. The van der Waals surface area contributed by atoms with E-state index in [1.807, 2.05) is 13.0 Å². The standard InChI is InChI=1S/C15H26N2O2/c1-11-6-7-14(19-11)15(12(2)16)17-8-4-5-13(9-17)10-18-3/h6-7,12-13,15H,4-5,8-10,16H2,1-3H3. The van der Waals surface area contributed by atoms with Crippen LogP contribution in [0.25, 0.3) is 0 Å². The highest BCUT2D eigenvalue weighted by Crippen LogP contribution is 2.30. The number of piperidine rings is 1. The third kappa shape index (κ3) is 3.59. The Morgan fingerprint density at radius 3 is 2.89 bits per heavy atom. The lowest BCUT2D eigenvalue weighted by molar-refractivity contribution is 0.0549. The number of nitrogens with zero attached hydrogens (tertiary/aromatic N) is 1. The topological polar surface area (TPSA) is 51.6 Å². The first-order chi connectivity index (χ1) is 9.11. The van der Waals surface area contributed by atoms with Crippen LogP contribution in [0.5, 0.6) is 0 Å². The predicted molar refractivity (Wildman–Crippen MR) is 76.0 cm³/mol. The van der Waals surface area contributed by atoms with Crippen LogP contribution in [-0.4, -0.2) is 37.7 Å². The van der Waals surface area contributed by atoms with E-state index in [-0.39, 0.29) is 12.1 Å². The Morgan fingerprint density at radius 2 is 2.32 bits per heavy atom. The van der Waals surface area contributed by atoms with Crippen molar-refractivity contribution < 1.29 is 9.15 Å². The van der Waals surface area contributed by atoms with Crippen LogP contribution in [0.15, 0.2) is 16.5 Å². The highest BCUT2D eigenvalue weighted by atomic mass is 16.5. The molecule has 1 aromatic rings. The number of hydrogen-bond donors (Lipinski definition) is 1. The van der Waals surface area contributed by atoms with Crippen molar-refractivity contribution in [3.8, 4) is 0 Å². The number of hydrogen-bond acceptors (Lipinski definition) is 4. The van der Waals surface area contributed by atoms with Gasteiger partial charge in [0, 0.05) is 19.7 Å².